The van der Waals surface area contributed by atoms with E-state index in [1.54, 1.807) is 53.9 Å². The van der Waals surface area contributed by atoms with Crippen molar-refractivity contribution < 1.29 is 22.3 Å². The molecule has 4 aromatic rings. The molecule has 0 aliphatic rings. The van der Waals surface area contributed by atoms with Crippen molar-refractivity contribution in [2.24, 2.45) is 0 Å². The third kappa shape index (κ3) is 4.30. The van der Waals surface area contributed by atoms with Gasteiger partial charge in [0.1, 0.15) is 27.2 Å². The highest BCUT2D eigenvalue weighted by atomic mass is 32.2. The highest BCUT2D eigenvalue weighted by molar-refractivity contribution is 7.92. The Hall–Kier alpha value is -3.43. The summed E-state index contributed by atoms with van der Waals surface area (Å²) in [6.07, 6.45) is 0. The second-order valence-electron chi connectivity index (χ2n) is 6.69. The molecule has 3 aromatic carbocycles. The van der Waals surface area contributed by atoms with E-state index in [9.17, 15) is 12.8 Å². The van der Waals surface area contributed by atoms with Gasteiger partial charge in [-0.15, -0.1) is 11.3 Å². The molecule has 9 heteroatoms. The number of methoxy groups -OCH3 is 2. The number of ether oxygens (including phenoxy) is 2. The zero-order valence-corrected chi connectivity index (χ0v) is 18.8. The van der Waals surface area contributed by atoms with Gasteiger partial charge in [-0.05, 0) is 30.3 Å². The number of rotatable bonds is 7. The van der Waals surface area contributed by atoms with E-state index in [2.05, 4.69) is 9.71 Å². The van der Waals surface area contributed by atoms with E-state index >= 15 is 0 Å². The first-order chi connectivity index (χ1) is 15.4. The molecule has 1 N–H and O–H groups in total. The summed E-state index contributed by atoms with van der Waals surface area (Å²) in [6, 6.07) is 17.8. The molecule has 6 nitrogen and oxygen atoms in total. The molecule has 0 unspecified atom stereocenters. The monoisotopic (exact) mass is 470 g/mol. The second-order valence-corrected chi connectivity index (χ2v) is 9.19. The molecule has 0 aliphatic heterocycles. The van der Waals surface area contributed by atoms with Gasteiger partial charge in [-0.25, -0.2) is 17.8 Å². The Kier molecular flexibility index (Phi) is 6.11. The van der Waals surface area contributed by atoms with Gasteiger partial charge in [0.2, 0.25) is 0 Å². The predicted molar refractivity (Wildman–Crippen MR) is 123 cm³/mol. The van der Waals surface area contributed by atoms with Gasteiger partial charge in [-0.3, -0.25) is 4.72 Å². The van der Waals surface area contributed by atoms with Crippen LogP contribution in [0.2, 0.25) is 0 Å². The molecule has 0 fully saturated rings. The lowest BCUT2D eigenvalue weighted by Crippen LogP contribution is -2.15. The van der Waals surface area contributed by atoms with Crippen LogP contribution < -0.4 is 14.2 Å². The summed E-state index contributed by atoms with van der Waals surface area (Å²) in [5.74, 6) is 0.201. The quantitative estimate of drug-likeness (QED) is 0.390. The molecule has 0 radical (unpaired) electrons. The molecule has 0 amide bonds. The molecular formula is C23H19FN2O4S2. The lowest BCUT2D eigenvalue weighted by atomic mass is 10.1. The van der Waals surface area contributed by atoms with Gasteiger partial charge >= 0.3 is 0 Å². The van der Waals surface area contributed by atoms with Crippen LogP contribution in [0, 0.1) is 5.82 Å². The van der Waals surface area contributed by atoms with Gasteiger partial charge in [-0.1, -0.05) is 30.3 Å². The Morgan fingerprint density at radius 2 is 1.66 bits per heavy atom. The highest BCUT2D eigenvalue weighted by Crippen LogP contribution is 2.36. The average molecular weight is 471 g/mol. The van der Waals surface area contributed by atoms with Gasteiger partial charge in [0.15, 0.2) is 0 Å². The summed E-state index contributed by atoms with van der Waals surface area (Å²) in [7, 11) is -1.16. The normalized spacial score (nSPS) is 11.2. The standard InChI is InChI=1S/C23H19FN2O4S2/c1-29-15-11-12-21(30-2)22(13-15)32(27,28)26-19-10-6-4-8-17(19)20-14-31-23(25-20)16-7-3-5-9-18(16)24/h3-14,26H,1-2H3. The number of sulfonamides is 1. The molecule has 164 valence electrons. The van der Waals surface area contributed by atoms with Crippen LogP contribution in [0.1, 0.15) is 0 Å². The number of benzene rings is 3. The minimum absolute atomic E-state index is 0.0560. The smallest absolute Gasteiger partial charge is 0.265 e. The molecule has 1 aromatic heterocycles. The fraction of sp³-hybridized carbons (Fsp3) is 0.0870. The highest BCUT2D eigenvalue weighted by Gasteiger charge is 2.23. The summed E-state index contributed by atoms with van der Waals surface area (Å²) in [4.78, 5) is 4.48. The molecule has 1 heterocycles. The molecule has 0 aliphatic carbocycles. The van der Waals surface area contributed by atoms with Crippen LogP contribution in [-0.4, -0.2) is 27.6 Å². The first-order valence-electron chi connectivity index (χ1n) is 9.47. The maximum Gasteiger partial charge on any atom is 0.265 e. The van der Waals surface area contributed by atoms with E-state index in [1.807, 2.05) is 0 Å². The van der Waals surface area contributed by atoms with Crippen LogP contribution in [0.4, 0.5) is 10.1 Å². The summed E-state index contributed by atoms with van der Waals surface area (Å²) in [6.45, 7) is 0. The topological polar surface area (TPSA) is 77.5 Å². The van der Waals surface area contributed by atoms with E-state index in [1.165, 1.54) is 43.8 Å². The van der Waals surface area contributed by atoms with Crippen LogP contribution >= 0.6 is 11.3 Å². The van der Waals surface area contributed by atoms with Crippen LogP contribution in [0.5, 0.6) is 11.5 Å². The molecule has 32 heavy (non-hydrogen) atoms. The number of halogens is 1. The lowest BCUT2D eigenvalue weighted by molar-refractivity contribution is 0.392. The van der Waals surface area contributed by atoms with Crippen molar-refractivity contribution in [1.82, 2.24) is 4.98 Å². The first-order valence-corrected chi connectivity index (χ1v) is 11.8. The zero-order chi connectivity index (χ0) is 22.7. The van der Waals surface area contributed by atoms with Crippen molar-refractivity contribution in [2.45, 2.75) is 4.90 Å². The van der Waals surface area contributed by atoms with Crippen molar-refractivity contribution >= 4 is 27.0 Å². The maximum atomic E-state index is 14.2. The van der Waals surface area contributed by atoms with Crippen molar-refractivity contribution in [2.75, 3.05) is 18.9 Å². The largest absolute Gasteiger partial charge is 0.497 e. The maximum absolute atomic E-state index is 14.2. The van der Waals surface area contributed by atoms with E-state index in [-0.39, 0.29) is 16.5 Å². The first kappa shape index (κ1) is 21.8. The fourth-order valence-corrected chi connectivity index (χ4v) is 5.26. The SMILES string of the molecule is COc1ccc(OC)c(S(=O)(=O)Nc2ccccc2-c2csc(-c3ccccc3F)n2)c1. The van der Waals surface area contributed by atoms with E-state index in [0.29, 0.717) is 33.3 Å². The number of anilines is 1. The van der Waals surface area contributed by atoms with Crippen molar-refractivity contribution in [3.63, 3.8) is 0 Å². The summed E-state index contributed by atoms with van der Waals surface area (Å²) < 4.78 is 53.5. The Morgan fingerprint density at radius 3 is 2.38 bits per heavy atom. The number of hydrogen-bond acceptors (Lipinski definition) is 6. The van der Waals surface area contributed by atoms with Crippen LogP contribution in [-0.2, 0) is 10.0 Å². The zero-order valence-electron chi connectivity index (χ0n) is 17.2. The summed E-state index contributed by atoms with van der Waals surface area (Å²) in [5.41, 5.74) is 1.83. The fourth-order valence-electron chi connectivity index (χ4n) is 3.15. The second kappa shape index (κ2) is 8.97. The Balaban J connectivity index is 1.72. The van der Waals surface area contributed by atoms with Gasteiger partial charge in [-0.2, -0.15) is 0 Å². The Labute approximate surface area is 189 Å². The van der Waals surface area contributed by atoms with E-state index in [4.69, 9.17) is 9.47 Å². The Morgan fingerprint density at radius 1 is 0.938 bits per heavy atom. The predicted octanol–water partition coefficient (Wildman–Crippen LogP) is 5.43. The average Bonchev–Trinajstić information content (AvgIpc) is 3.29. The van der Waals surface area contributed by atoms with Gasteiger partial charge in [0.05, 0.1) is 25.6 Å². The Bertz CT molecular complexity index is 1370. The van der Waals surface area contributed by atoms with E-state index < -0.39 is 10.0 Å². The minimum Gasteiger partial charge on any atom is -0.497 e. The molecule has 0 saturated heterocycles. The van der Waals surface area contributed by atoms with E-state index in [0.717, 1.165) is 0 Å². The van der Waals surface area contributed by atoms with Crippen LogP contribution in [0.3, 0.4) is 0 Å². The van der Waals surface area contributed by atoms with Crippen molar-refractivity contribution in [3.05, 3.63) is 77.9 Å². The van der Waals surface area contributed by atoms with Gasteiger partial charge in [0.25, 0.3) is 10.0 Å². The number of nitrogens with one attached hydrogen (secondary N) is 1. The number of hydrogen-bond donors (Lipinski definition) is 1. The number of thiazole rings is 1. The molecule has 0 spiro atoms. The number of para-hydroxylation sites is 1. The van der Waals surface area contributed by atoms with Crippen LogP contribution in [0.15, 0.2) is 77.0 Å². The third-order valence-electron chi connectivity index (χ3n) is 4.72. The van der Waals surface area contributed by atoms with Crippen LogP contribution in [0.25, 0.3) is 21.8 Å². The number of aromatic nitrogens is 1. The molecule has 0 saturated carbocycles. The third-order valence-corrected chi connectivity index (χ3v) is 6.98. The molecular weight excluding hydrogens is 451 g/mol. The lowest BCUT2D eigenvalue weighted by Gasteiger charge is -2.14. The van der Waals surface area contributed by atoms with Crippen molar-refractivity contribution in [3.8, 4) is 33.3 Å². The van der Waals surface area contributed by atoms with Gasteiger partial charge < -0.3 is 9.47 Å². The molecule has 4 rings (SSSR count). The van der Waals surface area contributed by atoms with Gasteiger partial charge in [0, 0.05) is 22.6 Å². The minimum atomic E-state index is -4.01. The number of nitrogens with zero attached hydrogens (tertiary/aromatic N) is 1. The molecule has 0 atom stereocenters. The molecule has 0 bridgehead atoms. The van der Waals surface area contributed by atoms with Crippen molar-refractivity contribution in [1.29, 1.82) is 0 Å². The summed E-state index contributed by atoms with van der Waals surface area (Å²) in [5, 5.41) is 2.27. The summed E-state index contributed by atoms with van der Waals surface area (Å²) >= 11 is 1.28.